The predicted octanol–water partition coefficient (Wildman–Crippen LogP) is 11.1. The minimum Gasteiger partial charge on any atom is -0.311 e. The van der Waals surface area contributed by atoms with Crippen molar-refractivity contribution in [3.05, 3.63) is 164 Å². The quantitative estimate of drug-likeness (QED) is 0.195. The minimum absolute atomic E-state index is 0.931. The monoisotopic (exact) mass is 561 g/mol. The van der Waals surface area contributed by atoms with Gasteiger partial charge in [-0.25, -0.2) is 4.98 Å². The van der Waals surface area contributed by atoms with Gasteiger partial charge in [0, 0.05) is 39.1 Å². The third kappa shape index (κ3) is 3.73. The first-order valence-electron chi connectivity index (χ1n) is 15.0. The zero-order valence-corrected chi connectivity index (χ0v) is 23.9. The van der Waals surface area contributed by atoms with E-state index in [2.05, 4.69) is 173 Å². The summed E-state index contributed by atoms with van der Waals surface area (Å²) in [6, 6.07) is 58.2. The first-order valence-corrected chi connectivity index (χ1v) is 15.0. The zero-order chi connectivity index (χ0) is 29.0. The summed E-state index contributed by atoms with van der Waals surface area (Å²) in [4.78, 5) is 7.74. The van der Waals surface area contributed by atoms with Crippen LogP contribution in [0.5, 0.6) is 0 Å². The van der Waals surface area contributed by atoms with Crippen molar-refractivity contribution in [1.29, 1.82) is 0 Å². The standard InChI is InChI=1S/C41H27N3/c1-4-14-31(15-5-1)43(32-16-6-2-7-17-32)34-26-24-30(25-27-34)41-42-39-35-20-10-12-28-22-23-29-13-11-21-36(38(29)37(28)35)40(39)44(41)33-18-8-3-9-19-33/h1-27H. The lowest BCUT2D eigenvalue weighted by Gasteiger charge is -2.25. The van der Waals surface area contributed by atoms with Crippen molar-refractivity contribution in [3.63, 3.8) is 0 Å². The largest absolute Gasteiger partial charge is 0.311 e. The molecule has 3 heteroatoms. The molecule has 0 aliphatic rings. The average Bonchev–Trinajstić information content (AvgIpc) is 3.51. The fourth-order valence-electron chi connectivity index (χ4n) is 6.79. The van der Waals surface area contributed by atoms with Crippen molar-refractivity contribution in [2.45, 2.75) is 0 Å². The molecule has 8 aromatic carbocycles. The van der Waals surface area contributed by atoms with Crippen molar-refractivity contribution in [2.75, 3.05) is 4.90 Å². The fraction of sp³-hybridized carbons (Fsp3) is 0. The van der Waals surface area contributed by atoms with E-state index in [1.807, 2.05) is 0 Å². The van der Waals surface area contributed by atoms with E-state index in [0.717, 1.165) is 45.2 Å². The summed E-state index contributed by atoms with van der Waals surface area (Å²) in [7, 11) is 0. The zero-order valence-electron chi connectivity index (χ0n) is 23.9. The van der Waals surface area contributed by atoms with E-state index in [9.17, 15) is 0 Å². The van der Waals surface area contributed by atoms with E-state index < -0.39 is 0 Å². The molecule has 9 aromatic rings. The van der Waals surface area contributed by atoms with Crippen LogP contribution in [-0.2, 0) is 0 Å². The van der Waals surface area contributed by atoms with Crippen molar-refractivity contribution in [2.24, 2.45) is 0 Å². The number of fused-ring (bicyclic) bond motifs is 3. The Hall–Kier alpha value is -5.93. The predicted molar refractivity (Wildman–Crippen MR) is 185 cm³/mol. The van der Waals surface area contributed by atoms with Crippen molar-refractivity contribution < 1.29 is 0 Å². The van der Waals surface area contributed by atoms with Crippen molar-refractivity contribution in [1.82, 2.24) is 9.55 Å². The van der Waals surface area contributed by atoms with Crippen LogP contribution < -0.4 is 4.90 Å². The average molecular weight is 562 g/mol. The van der Waals surface area contributed by atoms with Gasteiger partial charge in [-0.05, 0) is 82.2 Å². The Bertz CT molecular complexity index is 2370. The van der Waals surface area contributed by atoms with Crippen LogP contribution in [0.4, 0.5) is 17.1 Å². The van der Waals surface area contributed by atoms with Gasteiger partial charge in [-0.15, -0.1) is 0 Å². The number of anilines is 3. The SMILES string of the molecule is c1ccc(N(c2ccccc2)c2ccc(-c3nc4c5cccc6ccc7cccc(c7c65)c4n3-c3ccccc3)cc2)cc1. The smallest absolute Gasteiger partial charge is 0.145 e. The number of nitrogens with zero attached hydrogens (tertiary/aromatic N) is 3. The number of para-hydroxylation sites is 3. The van der Waals surface area contributed by atoms with Crippen LogP contribution in [0.3, 0.4) is 0 Å². The third-order valence-corrected chi connectivity index (χ3v) is 8.70. The highest BCUT2D eigenvalue weighted by atomic mass is 15.1. The first-order chi connectivity index (χ1) is 21.8. The lowest BCUT2D eigenvalue weighted by molar-refractivity contribution is 1.11. The number of rotatable bonds is 5. The van der Waals surface area contributed by atoms with Crippen LogP contribution in [0.15, 0.2) is 164 Å². The maximum absolute atomic E-state index is 5.45. The molecule has 3 nitrogen and oxygen atoms in total. The number of hydrogen-bond acceptors (Lipinski definition) is 2. The minimum atomic E-state index is 0.931. The number of hydrogen-bond donors (Lipinski definition) is 0. The molecule has 0 atom stereocenters. The van der Waals surface area contributed by atoms with Gasteiger partial charge in [0.15, 0.2) is 0 Å². The van der Waals surface area contributed by atoms with Gasteiger partial charge < -0.3 is 4.90 Å². The summed E-state index contributed by atoms with van der Waals surface area (Å²) >= 11 is 0. The van der Waals surface area contributed by atoms with E-state index in [-0.39, 0.29) is 0 Å². The Morgan fingerprint density at radius 2 is 0.955 bits per heavy atom. The molecule has 1 aromatic heterocycles. The molecule has 9 rings (SSSR count). The highest BCUT2D eigenvalue weighted by Gasteiger charge is 2.22. The molecule has 0 radical (unpaired) electrons. The molecule has 0 fully saturated rings. The molecule has 0 aliphatic heterocycles. The highest BCUT2D eigenvalue weighted by molar-refractivity contribution is 6.32. The van der Waals surface area contributed by atoms with E-state index in [1.54, 1.807) is 0 Å². The third-order valence-electron chi connectivity index (χ3n) is 8.70. The second kappa shape index (κ2) is 9.82. The van der Waals surface area contributed by atoms with E-state index in [4.69, 9.17) is 4.98 Å². The molecule has 0 spiro atoms. The second-order valence-electron chi connectivity index (χ2n) is 11.2. The molecule has 206 valence electrons. The summed E-state index contributed by atoms with van der Waals surface area (Å²) in [6.45, 7) is 0. The number of aromatic nitrogens is 2. The van der Waals surface area contributed by atoms with Crippen LogP contribution in [0.2, 0.25) is 0 Å². The van der Waals surface area contributed by atoms with Crippen LogP contribution in [-0.4, -0.2) is 9.55 Å². The van der Waals surface area contributed by atoms with E-state index in [1.165, 1.54) is 32.3 Å². The van der Waals surface area contributed by atoms with Crippen LogP contribution in [0, 0.1) is 0 Å². The summed E-state index contributed by atoms with van der Waals surface area (Å²) in [5, 5.41) is 7.49. The molecule has 0 bridgehead atoms. The van der Waals surface area contributed by atoms with Gasteiger partial charge in [0.1, 0.15) is 5.82 Å². The van der Waals surface area contributed by atoms with Crippen LogP contribution >= 0.6 is 0 Å². The van der Waals surface area contributed by atoms with Gasteiger partial charge in [0.2, 0.25) is 0 Å². The Balaban J connectivity index is 1.31. The topological polar surface area (TPSA) is 21.1 Å². The molecule has 0 aliphatic carbocycles. The molecule has 0 N–H and O–H groups in total. The molecule has 0 amide bonds. The van der Waals surface area contributed by atoms with Gasteiger partial charge in [-0.2, -0.15) is 0 Å². The molecule has 1 heterocycles. The van der Waals surface area contributed by atoms with Gasteiger partial charge in [-0.1, -0.05) is 103 Å². The van der Waals surface area contributed by atoms with Gasteiger partial charge >= 0.3 is 0 Å². The maximum Gasteiger partial charge on any atom is 0.145 e. The lowest BCUT2D eigenvalue weighted by atomic mass is 9.93. The Kier molecular flexibility index (Phi) is 5.50. The number of benzene rings is 8. The van der Waals surface area contributed by atoms with Crippen molar-refractivity contribution in [3.8, 4) is 17.1 Å². The van der Waals surface area contributed by atoms with Crippen molar-refractivity contribution >= 4 is 60.4 Å². The summed E-state index contributed by atoms with van der Waals surface area (Å²) in [5.41, 5.74) is 7.66. The summed E-state index contributed by atoms with van der Waals surface area (Å²) < 4.78 is 2.35. The van der Waals surface area contributed by atoms with Crippen LogP contribution in [0.1, 0.15) is 0 Å². The summed E-state index contributed by atoms with van der Waals surface area (Å²) in [6.07, 6.45) is 0. The molecule has 0 saturated heterocycles. The molecule has 0 saturated carbocycles. The highest BCUT2D eigenvalue weighted by Crippen LogP contribution is 2.43. The van der Waals surface area contributed by atoms with Gasteiger partial charge in [0.25, 0.3) is 0 Å². The molecular weight excluding hydrogens is 534 g/mol. The fourth-order valence-corrected chi connectivity index (χ4v) is 6.79. The number of imidazole rings is 1. The van der Waals surface area contributed by atoms with E-state index in [0.29, 0.717) is 0 Å². The lowest BCUT2D eigenvalue weighted by Crippen LogP contribution is -2.09. The maximum atomic E-state index is 5.45. The molecular formula is C41H27N3. The Labute approximate surface area is 255 Å². The normalized spacial score (nSPS) is 11.6. The summed E-state index contributed by atoms with van der Waals surface area (Å²) in [5.74, 6) is 0.931. The van der Waals surface area contributed by atoms with Gasteiger partial charge in [-0.3, -0.25) is 4.57 Å². The van der Waals surface area contributed by atoms with Crippen LogP contribution in [0.25, 0.3) is 60.4 Å². The molecule has 0 unspecified atom stereocenters. The first kappa shape index (κ1) is 24.6. The molecule has 44 heavy (non-hydrogen) atoms. The Morgan fingerprint density at radius 1 is 0.432 bits per heavy atom. The Morgan fingerprint density at radius 3 is 1.57 bits per heavy atom. The second-order valence-corrected chi connectivity index (χ2v) is 11.2. The van der Waals surface area contributed by atoms with Gasteiger partial charge in [0.05, 0.1) is 11.0 Å². The van der Waals surface area contributed by atoms with E-state index >= 15 is 0 Å².